The lowest BCUT2D eigenvalue weighted by atomic mass is 10.2. The van der Waals surface area contributed by atoms with E-state index in [0.29, 0.717) is 18.2 Å². The third kappa shape index (κ3) is 2.85. The second kappa shape index (κ2) is 5.57. The van der Waals surface area contributed by atoms with Crippen molar-refractivity contribution in [2.75, 3.05) is 5.32 Å². The highest BCUT2D eigenvalue weighted by atomic mass is 19.1. The maximum atomic E-state index is 12.9. The van der Waals surface area contributed by atoms with E-state index in [9.17, 15) is 4.39 Å². The van der Waals surface area contributed by atoms with Gasteiger partial charge in [-0.05, 0) is 36.4 Å². The zero-order valence-electron chi connectivity index (χ0n) is 10.7. The Bertz CT molecular complexity index is 677. The fourth-order valence-electron chi connectivity index (χ4n) is 1.87. The molecule has 1 N–H and O–H groups in total. The molecular weight excluding hydrogens is 255 g/mol. The molecule has 1 aromatic heterocycles. The van der Waals surface area contributed by atoms with Crippen molar-refractivity contribution in [2.24, 2.45) is 0 Å². The van der Waals surface area contributed by atoms with Crippen molar-refractivity contribution in [1.29, 1.82) is 0 Å². The van der Waals surface area contributed by atoms with Crippen LogP contribution in [0.15, 0.2) is 65.2 Å². The van der Waals surface area contributed by atoms with Crippen LogP contribution in [0.1, 0.15) is 5.89 Å². The fraction of sp³-hybridized carbons (Fsp3) is 0.0625. The topological polar surface area (TPSA) is 38.1 Å². The number of para-hydroxylation sites is 1. The monoisotopic (exact) mass is 268 g/mol. The number of hydrogen-bond donors (Lipinski definition) is 1. The number of rotatable bonds is 4. The molecule has 4 heteroatoms. The smallest absolute Gasteiger partial charge is 0.214 e. The molecule has 0 saturated carbocycles. The number of nitrogens with one attached hydrogen (secondary N) is 1. The molecule has 0 aliphatic heterocycles. The van der Waals surface area contributed by atoms with E-state index in [4.69, 9.17) is 4.42 Å². The van der Waals surface area contributed by atoms with Crippen molar-refractivity contribution in [3.8, 4) is 11.3 Å². The van der Waals surface area contributed by atoms with Gasteiger partial charge in [0.25, 0.3) is 0 Å². The van der Waals surface area contributed by atoms with Crippen LogP contribution in [0.3, 0.4) is 0 Å². The normalized spacial score (nSPS) is 10.4. The van der Waals surface area contributed by atoms with Crippen LogP contribution in [0.25, 0.3) is 11.3 Å². The predicted octanol–water partition coefficient (Wildman–Crippen LogP) is 4.09. The summed E-state index contributed by atoms with van der Waals surface area (Å²) in [6.07, 6.45) is 1.65. The van der Waals surface area contributed by atoms with Crippen molar-refractivity contribution in [3.05, 3.63) is 72.5 Å². The maximum Gasteiger partial charge on any atom is 0.214 e. The highest BCUT2D eigenvalue weighted by molar-refractivity contribution is 5.56. The van der Waals surface area contributed by atoms with Crippen molar-refractivity contribution in [3.63, 3.8) is 0 Å². The van der Waals surface area contributed by atoms with Gasteiger partial charge in [0.05, 0.1) is 12.7 Å². The Kier molecular flexibility index (Phi) is 3.46. The van der Waals surface area contributed by atoms with Crippen molar-refractivity contribution in [1.82, 2.24) is 4.98 Å². The van der Waals surface area contributed by atoms with Crippen LogP contribution in [0.2, 0.25) is 0 Å². The van der Waals surface area contributed by atoms with Crippen LogP contribution in [-0.4, -0.2) is 4.98 Å². The van der Waals surface area contributed by atoms with E-state index in [1.807, 2.05) is 30.3 Å². The summed E-state index contributed by atoms with van der Waals surface area (Å²) in [5.74, 6) is 0.960. The minimum Gasteiger partial charge on any atom is -0.439 e. The van der Waals surface area contributed by atoms with E-state index < -0.39 is 0 Å². The third-order valence-corrected chi connectivity index (χ3v) is 2.90. The Hall–Kier alpha value is -2.62. The van der Waals surface area contributed by atoms with Crippen LogP contribution >= 0.6 is 0 Å². The first-order chi connectivity index (χ1) is 9.81. The quantitative estimate of drug-likeness (QED) is 0.774. The van der Waals surface area contributed by atoms with Gasteiger partial charge in [-0.25, -0.2) is 9.37 Å². The average Bonchev–Trinajstić information content (AvgIpc) is 2.96. The minimum atomic E-state index is -0.265. The average molecular weight is 268 g/mol. The van der Waals surface area contributed by atoms with Gasteiger partial charge >= 0.3 is 0 Å². The Morgan fingerprint density at radius 3 is 2.50 bits per heavy atom. The zero-order valence-corrected chi connectivity index (χ0v) is 10.7. The van der Waals surface area contributed by atoms with E-state index in [1.165, 1.54) is 12.1 Å². The second-order valence-corrected chi connectivity index (χ2v) is 4.34. The Morgan fingerprint density at radius 1 is 1.00 bits per heavy atom. The lowest BCUT2D eigenvalue weighted by Crippen LogP contribution is -1.98. The van der Waals surface area contributed by atoms with E-state index in [1.54, 1.807) is 18.3 Å². The largest absolute Gasteiger partial charge is 0.439 e. The summed E-state index contributed by atoms with van der Waals surface area (Å²) in [5, 5.41) is 3.22. The van der Waals surface area contributed by atoms with Gasteiger partial charge in [-0.2, -0.15) is 0 Å². The summed E-state index contributed by atoms with van der Waals surface area (Å²) in [6.45, 7) is 0.505. The van der Waals surface area contributed by atoms with Gasteiger partial charge in [0.15, 0.2) is 5.76 Å². The first-order valence-corrected chi connectivity index (χ1v) is 6.31. The second-order valence-electron chi connectivity index (χ2n) is 4.34. The lowest BCUT2D eigenvalue weighted by Gasteiger charge is -2.02. The molecule has 0 amide bonds. The number of hydrogen-bond acceptors (Lipinski definition) is 3. The van der Waals surface area contributed by atoms with E-state index >= 15 is 0 Å². The maximum absolute atomic E-state index is 12.9. The predicted molar refractivity (Wildman–Crippen MR) is 75.7 cm³/mol. The molecule has 0 saturated heterocycles. The van der Waals surface area contributed by atoms with Crippen LogP contribution in [-0.2, 0) is 6.54 Å². The molecule has 0 fully saturated rings. The summed E-state index contributed by atoms with van der Waals surface area (Å²) in [7, 11) is 0. The van der Waals surface area contributed by atoms with Crippen molar-refractivity contribution in [2.45, 2.75) is 6.54 Å². The Balaban J connectivity index is 1.69. The van der Waals surface area contributed by atoms with E-state index in [0.717, 1.165) is 11.3 Å². The number of aromatic nitrogens is 1. The number of halogens is 1. The van der Waals surface area contributed by atoms with E-state index in [2.05, 4.69) is 10.3 Å². The highest BCUT2D eigenvalue weighted by Crippen LogP contribution is 2.21. The first kappa shape index (κ1) is 12.4. The molecule has 0 aliphatic carbocycles. The molecular formula is C16H13FN2O. The minimum absolute atomic E-state index is 0.265. The zero-order chi connectivity index (χ0) is 13.8. The number of benzene rings is 2. The molecule has 2 aromatic carbocycles. The van der Waals surface area contributed by atoms with Crippen LogP contribution in [0, 0.1) is 5.82 Å². The molecule has 100 valence electrons. The van der Waals surface area contributed by atoms with Gasteiger partial charge in [-0.1, -0.05) is 18.2 Å². The number of nitrogens with zero attached hydrogens (tertiary/aromatic N) is 1. The first-order valence-electron chi connectivity index (χ1n) is 6.31. The Labute approximate surface area is 116 Å². The van der Waals surface area contributed by atoms with Gasteiger partial charge in [0, 0.05) is 11.3 Å². The molecule has 20 heavy (non-hydrogen) atoms. The van der Waals surface area contributed by atoms with Crippen molar-refractivity contribution < 1.29 is 8.81 Å². The lowest BCUT2D eigenvalue weighted by molar-refractivity contribution is 0.516. The van der Waals surface area contributed by atoms with E-state index in [-0.39, 0.29) is 5.82 Å². The van der Waals surface area contributed by atoms with Gasteiger partial charge < -0.3 is 9.73 Å². The Morgan fingerprint density at radius 2 is 1.75 bits per heavy atom. The van der Waals surface area contributed by atoms with Crippen molar-refractivity contribution >= 4 is 5.69 Å². The van der Waals surface area contributed by atoms with Crippen LogP contribution in [0.4, 0.5) is 10.1 Å². The third-order valence-electron chi connectivity index (χ3n) is 2.90. The molecule has 0 spiro atoms. The summed E-state index contributed by atoms with van der Waals surface area (Å²) in [6, 6.07) is 16.0. The summed E-state index contributed by atoms with van der Waals surface area (Å²) >= 11 is 0. The standard InChI is InChI=1S/C16H13FN2O/c17-13-8-6-12(7-9-13)15-10-19-16(20-15)11-18-14-4-2-1-3-5-14/h1-10,18H,11H2. The van der Waals surface area contributed by atoms with Gasteiger partial charge in [-0.3, -0.25) is 0 Å². The van der Waals surface area contributed by atoms with Crippen LogP contribution in [0.5, 0.6) is 0 Å². The van der Waals surface area contributed by atoms with Gasteiger partial charge in [-0.15, -0.1) is 0 Å². The molecule has 3 aromatic rings. The van der Waals surface area contributed by atoms with Gasteiger partial charge in [0.1, 0.15) is 5.82 Å². The molecule has 0 atom stereocenters. The molecule has 0 radical (unpaired) electrons. The summed E-state index contributed by atoms with van der Waals surface area (Å²) < 4.78 is 18.5. The molecule has 0 bridgehead atoms. The summed E-state index contributed by atoms with van der Waals surface area (Å²) in [5.41, 5.74) is 1.82. The van der Waals surface area contributed by atoms with Gasteiger partial charge in [0.2, 0.25) is 5.89 Å². The SMILES string of the molecule is Fc1ccc(-c2cnc(CNc3ccccc3)o2)cc1. The molecule has 3 nitrogen and oxygen atoms in total. The molecule has 0 unspecified atom stereocenters. The van der Waals surface area contributed by atoms with Crippen LogP contribution < -0.4 is 5.32 Å². The molecule has 0 aliphatic rings. The summed E-state index contributed by atoms with van der Waals surface area (Å²) in [4.78, 5) is 4.21. The fourth-order valence-corrected chi connectivity index (χ4v) is 1.87. The molecule has 1 heterocycles. The number of anilines is 1. The highest BCUT2D eigenvalue weighted by Gasteiger charge is 2.06. The molecule has 3 rings (SSSR count). The number of oxazole rings is 1.